The molecule has 1 heterocycles. The summed E-state index contributed by atoms with van der Waals surface area (Å²) in [5.74, 6) is -1.58. The molecule has 2 atom stereocenters. The maximum atomic E-state index is 11.9. The van der Waals surface area contributed by atoms with Crippen molar-refractivity contribution in [2.24, 2.45) is 11.1 Å². The number of aromatic nitrogens is 2. The minimum Gasteiger partial charge on any atom is -0.480 e. The summed E-state index contributed by atoms with van der Waals surface area (Å²) in [6, 6.07) is -1.79. The Bertz CT molecular complexity index is 436. The minimum absolute atomic E-state index is 0.137. The number of carbonyl (C=O) groups is 2. The SMILES string of the molecule is CC(C)(C)[C@H](N)C(=O)N[C@@H](Cc1cnc[nH]1)C(=O)O. The molecule has 106 valence electrons. The van der Waals surface area contributed by atoms with Crippen molar-refractivity contribution >= 4 is 11.9 Å². The van der Waals surface area contributed by atoms with Crippen molar-refractivity contribution in [3.63, 3.8) is 0 Å². The van der Waals surface area contributed by atoms with Gasteiger partial charge in [0.25, 0.3) is 0 Å². The molecule has 19 heavy (non-hydrogen) atoms. The maximum Gasteiger partial charge on any atom is 0.326 e. The Labute approximate surface area is 111 Å². The number of carboxylic acids is 1. The lowest BCUT2D eigenvalue weighted by Gasteiger charge is -2.27. The second kappa shape index (κ2) is 5.83. The fourth-order valence-corrected chi connectivity index (χ4v) is 1.47. The number of aromatic amines is 1. The molecule has 0 aliphatic carbocycles. The van der Waals surface area contributed by atoms with Crippen molar-refractivity contribution in [3.05, 3.63) is 18.2 Å². The lowest BCUT2D eigenvalue weighted by Crippen LogP contribution is -2.53. The van der Waals surface area contributed by atoms with E-state index in [9.17, 15) is 9.59 Å². The molecule has 0 fully saturated rings. The maximum absolute atomic E-state index is 11.9. The van der Waals surface area contributed by atoms with Gasteiger partial charge in [-0.3, -0.25) is 4.79 Å². The summed E-state index contributed by atoms with van der Waals surface area (Å²) >= 11 is 0. The number of carboxylic acid groups (broad SMARTS) is 1. The van der Waals surface area contributed by atoms with Gasteiger partial charge in [0.2, 0.25) is 5.91 Å². The molecule has 0 aromatic carbocycles. The number of imidazole rings is 1. The van der Waals surface area contributed by atoms with Gasteiger partial charge in [0.15, 0.2) is 0 Å². The zero-order valence-corrected chi connectivity index (χ0v) is 11.3. The Balaban J connectivity index is 2.69. The summed E-state index contributed by atoms with van der Waals surface area (Å²) in [5.41, 5.74) is 6.00. The summed E-state index contributed by atoms with van der Waals surface area (Å²) in [5, 5.41) is 11.6. The van der Waals surface area contributed by atoms with Crippen LogP contribution < -0.4 is 11.1 Å². The third-order valence-corrected chi connectivity index (χ3v) is 2.81. The van der Waals surface area contributed by atoms with E-state index in [4.69, 9.17) is 10.8 Å². The first kappa shape index (κ1) is 15.2. The van der Waals surface area contributed by atoms with E-state index >= 15 is 0 Å². The number of hydrogen-bond acceptors (Lipinski definition) is 4. The Morgan fingerprint density at radius 2 is 2.16 bits per heavy atom. The molecule has 0 unspecified atom stereocenters. The Kier molecular flexibility index (Phi) is 4.66. The summed E-state index contributed by atoms with van der Waals surface area (Å²) in [4.78, 5) is 29.7. The van der Waals surface area contributed by atoms with Crippen molar-refractivity contribution in [1.82, 2.24) is 15.3 Å². The first-order chi connectivity index (χ1) is 8.71. The molecule has 1 amide bonds. The van der Waals surface area contributed by atoms with E-state index in [0.29, 0.717) is 5.69 Å². The van der Waals surface area contributed by atoms with Gasteiger partial charge >= 0.3 is 5.97 Å². The van der Waals surface area contributed by atoms with Crippen LogP contribution in [0.4, 0.5) is 0 Å². The highest BCUT2D eigenvalue weighted by atomic mass is 16.4. The van der Waals surface area contributed by atoms with Crippen molar-refractivity contribution in [3.8, 4) is 0 Å². The van der Waals surface area contributed by atoms with Crippen LogP contribution in [0.2, 0.25) is 0 Å². The monoisotopic (exact) mass is 268 g/mol. The number of amides is 1. The molecular formula is C12H20N4O3. The quantitative estimate of drug-likeness (QED) is 0.594. The van der Waals surface area contributed by atoms with Gasteiger partial charge in [0.1, 0.15) is 6.04 Å². The molecule has 1 rings (SSSR count). The van der Waals surface area contributed by atoms with Gasteiger partial charge in [0.05, 0.1) is 12.4 Å². The smallest absolute Gasteiger partial charge is 0.326 e. The topological polar surface area (TPSA) is 121 Å². The van der Waals surface area contributed by atoms with Crippen molar-refractivity contribution in [2.45, 2.75) is 39.3 Å². The molecule has 0 spiro atoms. The average Bonchev–Trinajstić information content (AvgIpc) is 2.78. The summed E-state index contributed by atoms with van der Waals surface area (Å²) in [6.45, 7) is 5.46. The number of aliphatic carboxylic acids is 1. The fraction of sp³-hybridized carbons (Fsp3) is 0.583. The molecule has 7 heteroatoms. The molecule has 0 saturated carbocycles. The lowest BCUT2D eigenvalue weighted by atomic mass is 9.87. The van der Waals surface area contributed by atoms with Crippen LogP contribution in [0.25, 0.3) is 0 Å². The molecule has 5 N–H and O–H groups in total. The zero-order chi connectivity index (χ0) is 14.6. The van der Waals surface area contributed by atoms with Crippen LogP contribution in [0.5, 0.6) is 0 Å². The van der Waals surface area contributed by atoms with E-state index in [1.165, 1.54) is 12.5 Å². The molecule has 0 radical (unpaired) electrons. The average molecular weight is 268 g/mol. The molecule has 1 aromatic heterocycles. The number of carbonyl (C=O) groups excluding carboxylic acids is 1. The summed E-state index contributed by atoms with van der Waals surface area (Å²) in [6.07, 6.45) is 3.11. The highest BCUT2D eigenvalue weighted by Crippen LogP contribution is 2.17. The standard InChI is InChI=1S/C12H20N4O3/c1-12(2,3)9(13)10(17)16-8(11(18)19)4-7-5-14-6-15-7/h5-6,8-9H,4,13H2,1-3H3,(H,14,15)(H,16,17)(H,18,19)/t8-,9+/m0/s1. The normalized spacial score (nSPS) is 14.7. The summed E-state index contributed by atoms with van der Waals surface area (Å²) < 4.78 is 0. The first-order valence-electron chi connectivity index (χ1n) is 5.98. The van der Waals surface area contributed by atoms with E-state index in [1.807, 2.05) is 20.8 Å². The second-order valence-electron chi connectivity index (χ2n) is 5.52. The van der Waals surface area contributed by atoms with Crippen LogP contribution in [-0.4, -0.2) is 39.0 Å². The van der Waals surface area contributed by atoms with Gasteiger partial charge in [0, 0.05) is 18.3 Å². The molecular weight excluding hydrogens is 248 g/mol. The van der Waals surface area contributed by atoms with Gasteiger partial charge in [-0.1, -0.05) is 20.8 Å². The second-order valence-corrected chi connectivity index (χ2v) is 5.52. The van der Waals surface area contributed by atoms with Crippen LogP contribution in [0.3, 0.4) is 0 Å². The van der Waals surface area contributed by atoms with E-state index in [-0.39, 0.29) is 6.42 Å². The molecule has 1 aromatic rings. The molecule has 0 saturated heterocycles. The van der Waals surface area contributed by atoms with Gasteiger partial charge in [-0.05, 0) is 5.41 Å². The van der Waals surface area contributed by atoms with E-state index < -0.39 is 29.4 Å². The molecule has 0 aliphatic rings. The van der Waals surface area contributed by atoms with E-state index in [1.54, 1.807) is 0 Å². The van der Waals surface area contributed by atoms with Crippen LogP contribution >= 0.6 is 0 Å². The fourth-order valence-electron chi connectivity index (χ4n) is 1.47. The van der Waals surface area contributed by atoms with Crippen molar-refractivity contribution < 1.29 is 14.7 Å². The molecule has 0 aliphatic heterocycles. The predicted octanol–water partition coefficient (Wildman–Crippen LogP) is -0.105. The first-order valence-corrected chi connectivity index (χ1v) is 5.98. The highest BCUT2D eigenvalue weighted by Gasteiger charge is 2.30. The van der Waals surface area contributed by atoms with Crippen molar-refractivity contribution in [1.29, 1.82) is 0 Å². The third-order valence-electron chi connectivity index (χ3n) is 2.81. The zero-order valence-electron chi connectivity index (χ0n) is 11.3. The highest BCUT2D eigenvalue weighted by molar-refractivity contribution is 5.87. The van der Waals surface area contributed by atoms with Gasteiger partial charge in [-0.25, -0.2) is 9.78 Å². The number of nitrogens with one attached hydrogen (secondary N) is 2. The Morgan fingerprint density at radius 1 is 1.53 bits per heavy atom. The largest absolute Gasteiger partial charge is 0.480 e. The number of nitrogens with zero attached hydrogens (tertiary/aromatic N) is 1. The molecule has 7 nitrogen and oxygen atoms in total. The van der Waals surface area contributed by atoms with Crippen molar-refractivity contribution in [2.75, 3.05) is 0 Å². The number of nitrogens with two attached hydrogens (primary N) is 1. The van der Waals surface area contributed by atoms with Crippen LogP contribution in [0.15, 0.2) is 12.5 Å². The van der Waals surface area contributed by atoms with E-state index in [2.05, 4.69) is 15.3 Å². The van der Waals surface area contributed by atoms with E-state index in [0.717, 1.165) is 0 Å². The summed E-state index contributed by atoms with van der Waals surface area (Å²) in [7, 11) is 0. The van der Waals surface area contributed by atoms with Crippen LogP contribution in [0, 0.1) is 5.41 Å². The van der Waals surface area contributed by atoms with Gasteiger partial charge in [-0.2, -0.15) is 0 Å². The number of rotatable bonds is 5. The van der Waals surface area contributed by atoms with Gasteiger partial charge < -0.3 is 21.1 Å². The third kappa shape index (κ3) is 4.36. The van der Waals surface area contributed by atoms with Gasteiger partial charge in [-0.15, -0.1) is 0 Å². The Hall–Kier alpha value is -1.89. The van der Waals surface area contributed by atoms with Crippen LogP contribution in [0.1, 0.15) is 26.5 Å². The lowest BCUT2D eigenvalue weighted by molar-refractivity contribution is -0.142. The predicted molar refractivity (Wildman–Crippen MR) is 69.3 cm³/mol. The minimum atomic E-state index is -1.11. The number of H-pyrrole nitrogens is 1. The number of hydrogen-bond donors (Lipinski definition) is 4. The molecule has 0 bridgehead atoms. The van der Waals surface area contributed by atoms with Crippen LogP contribution in [-0.2, 0) is 16.0 Å². The Morgan fingerprint density at radius 3 is 2.58 bits per heavy atom.